The lowest BCUT2D eigenvalue weighted by atomic mass is 10.1. The normalized spacial score (nSPS) is 17.1. The molecule has 0 bridgehead atoms. The van der Waals surface area contributed by atoms with Crippen LogP contribution in [0.1, 0.15) is 18.4 Å². The molecule has 1 aromatic heterocycles. The zero-order chi connectivity index (χ0) is 11.4. The highest BCUT2D eigenvalue weighted by molar-refractivity contribution is 5.45. The summed E-state index contributed by atoms with van der Waals surface area (Å²) in [4.78, 5) is 6.56. The Morgan fingerprint density at radius 3 is 2.88 bits per heavy atom. The smallest absolute Gasteiger partial charge is 0.129 e. The zero-order valence-electron chi connectivity index (χ0n) is 9.48. The molecule has 4 heteroatoms. The molecule has 1 aliphatic rings. The van der Waals surface area contributed by atoms with Gasteiger partial charge in [-0.2, -0.15) is 5.26 Å². The van der Waals surface area contributed by atoms with Crippen LogP contribution < -0.4 is 10.2 Å². The highest BCUT2D eigenvalue weighted by atomic mass is 15.2. The summed E-state index contributed by atoms with van der Waals surface area (Å²) in [7, 11) is 2.01. The molecule has 0 atom stereocenters. The van der Waals surface area contributed by atoms with E-state index in [1.54, 1.807) is 12.3 Å². The predicted molar refractivity (Wildman–Crippen MR) is 63.2 cm³/mol. The van der Waals surface area contributed by atoms with E-state index in [0.717, 1.165) is 31.7 Å². The fourth-order valence-electron chi connectivity index (χ4n) is 2.06. The Hall–Kier alpha value is -1.60. The lowest BCUT2D eigenvalue weighted by Gasteiger charge is -2.32. The highest BCUT2D eigenvalue weighted by Gasteiger charge is 2.18. The number of hydrogen-bond donors (Lipinski definition) is 1. The van der Waals surface area contributed by atoms with Crippen molar-refractivity contribution >= 4 is 5.82 Å². The Kier molecular flexibility index (Phi) is 3.37. The monoisotopic (exact) mass is 216 g/mol. The van der Waals surface area contributed by atoms with Crippen molar-refractivity contribution in [2.45, 2.75) is 18.9 Å². The van der Waals surface area contributed by atoms with Crippen molar-refractivity contribution in [2.24, 2.45) is 0 Å². The maximum absolute atomic E-state index is 8.83. The van der Waals surface area contributed by atoms with Gasteiger partial charge in [-0.05, 0) is 32.0 Å². The van der Waals surface area contributed by atoms with Crippen LogP contribution in [0, 0.1) is 11.3 Å². The third kappa shape index (κ3) is 2.31. The van der Waals surface area contributed by atoms with Gasteiger partial charge in [0.1, 0.15) is 5.82 Å². The summed E-state index contributed by atoms with van der Waals surface area (Å²) in [5, 5.41) is 12.1. The minimum absolute atomic E-state index is 0.621. The van der Waals surface area contributed by atoms with Crippen molar-refractivity contribution in [3.8, 4) is 6.07 Å². The molecule has 0 unspecified atom stereocenters. The molecule has 1 aliphatic heterocycles. The van der Waals surface area contributed by atoms with E-state index in [1.165, 1.54) is 0 Å². The molecule has 1 fully saturated rings. The molecule has 1 aromatic rings. The number of hydrogen-bond acceptors (Lipinski definition) is 4. The molecule has 1 N–H and O–H groups in total. The summed E-state index contributed by atoms with van der Waals surface area (Å²) in [6.07, 6.45) is 3.97. The van der Waals surface area contributed by atoms with Crippen LogP contribution in [-0.2, 0) is 0 Å². The molecule has 84 valence electrons. The van der Waals surface area contributed by atoms with Crippen LogP contribution in [0.15, 0.2) is 18.3 Å². The average Bonchev–Trinajstić information content (AvgIpc) is 2.39. The minimum Gasteiger partial charge on any atom is -0.356 e. The minimum atomic E-state index is 0.621. The van der Waals surface area contributed by atoms with Gasteiger partial charge in [0, 0.05) is 25.3 Å². The molecular weight excluding hydrogens is 200 g/mol. The molecule has 4 nitrogen and oxygen atoms in total. The lowest BCUT2D eigenvalue weighted by Crippen LogP contribution is -2.41. The van der Waals surface area contributed by atoms with E-state index in [4.69, 9.17) is 5.26 Å². The molecular formula is C12H16N4. The first-order chi connectivity index (χ1) is 7.83. The first-order valence-corrected chi connectivity index (χ1v) is 5.62. The molecule has 0 radical (unpaired) electrons. The number of nitrogens with zero attached hydrogens (tertiary/aromatic N) is 3. The van der Waals surface area contributed by atoms with E-state index >= 15 is 0 Å². The van der Waals surface area contributed by atoms with Crippen LogP contribution in [0.2, 0.25) is 0 Å². The van der Waals surface area contributed by atoms with Crippen molar-refractivity contribution in [2.75, 3.05) is 25.0 Å². The van der Waals surface area contributed by atoms with Gasteiger partial charge in [0.15, 0.2) is 0 Å². The van der Waals surface area contributed by atoms with E-state index in [2.05, 4.69) is 21.3 Å². The fourth-order valence-corrected chi connectivity index (χ4v) is 2.06. The Labute approximate surface area is 95.9 Å². The molecule has 0 aromatic carbocycles. The van der Waals surface area contributed by atoms with E-state index < -0.39 is 0 Å². The van der Waals surface area contributed by atoms with Gasteiger partial charge in [0.25, 0.3) is 0 Å². The van der Waals surface area contributed by atoms with Crippen LogP contribution >= 0.6 is 0 Å². The lowest BCUT2D eigenvalue weighted by molar-refractivity contribution is 0.441. The second-order valence-electron chi connectivity index (χ2n) is 4.06. The number of aromatic nitrogens is 1. The maximum atomic E-state index is 8.83. The Balaban J connectivity index is 2.05. The predicted octanol–water partition coefficient (Wildman–Crippen LogP) is 1.14. The first-order valence-electron chi connectivity index (χ1n) is 5.62. The topological polar surface area (TPSA) is 52.0 Å². The molecule has 16 heavy (non-hydrogen) atoms. The summed E-state index contributed by atoms with van der Waals surface area (Å²) in [6, 6.07) is 6.37. The van der Waals surface area contributed by atoms with Gasteiger partial charge in [0.05, 0.1) is 11.6 Å². The van der Waals surface area contributed by atoms with Crippen LogP contribution in [0.5, 0.6) is 0 Å². The Morgan fingerprint density at radius 1 is 1.50 bits per heavy atom. The molecule has 0 amide bonds. The second kappa shape index (κ2) is 4.95. The van der Waals surface area contributed by atoms with E-state index in [9.17, 15) is 0 Å². The van der Waals surface area contributed by atoms with Crippen molar-refractivity contribution < 1.29 is 0 Å². The SMILES string of the molecule is CNC1CCN(c2cc(C#N)ccn2)CC1. The number of nitriles is 1. The van der Waals surface area contributed by atoms with Gasteiger partial charge in [-0.25, -0.2) is 4.98 Å². The van der Waals surface area contributed by atoms with Gasteiger partial charge in [-0.15, -0.1) is 0 Å². The van der Waals surface area contributed by atoms with Gasteiger partial charge in [-0.1, -0.05) is 0 Å². The largest absolute Gasteiger partial charge is 0.356 e. The van der Waals surface area contributed by atoms with Gasteiger partial charge < -0.3 is 10.2 Å². The second-order valence-corrected chi connectivity index (χ2v) is 4.06. The van der Waals surface area contributed by atoms with Crippen LogP contribution in [0.25, 0.3) is 0 Å². The first kappa shape index (κ1) is 10.9. The standard InChI is InChI=1S/C12H16N4/c1-14-11-3-6-16(7-4-11)12-8-10(9-13)2-5-15-12/h2,5,8,11,14H,3-4,6-7H2,1H3. The molecule has 0 aliphatic carbocycles. The third-order valence-corrected chi connectivity index (χ3v) is 3.10. The van der Waals surface area contributed by atoms with Crippen molar-refractivity contribution in [1.29, 1.82) is 5.26 Å². The van der Waals surface area contributed by atoms with Crippen molar-refractivity contribution in [3.63, 3.8) is 0 Å². The van der Waals surface area contributed by atoms with Gasteiger partial charge in [-0.3, -0.25) is 0 Å². The summed E-state index contributed by atoms with van der Waals surface area (Å²) < 4.78 is 0. The highest BCUT2D eigenvalue weighted by Crippen LogP contribution is 2.18. The number of anilines is 1. The Morgan fingerprint density at radius 2 is 2.25 bits per heavy atom. The van der Waals surface area contributed by atoms with Gasteiger partial charge >= 0.3 is 0 Å². The van der Waals surface area contributed by atoms with E-state index in [0.29, 0.717) is 11.6 Å². The van der Waals surface area contributed by atoms with Crippen molar-refractivity contribution in [1.82, 2.24) is 10.3 Å². The van der Waals surface area contributed by atoms with Crippen LogP contribution in [0.3, 0.4) is 0 Å². The van der Waals surface area contributed by atoms with E-state index in [-0.39, 0.29) is 0 Å². The Bertz CT molecular complexity index is 388. The number of nitrogens with one attached hydrogen (secondary N) is 1. The molecule has 0 spiro atoms. The molecule has 2 rings (SSSR count). The quantitative estimate of drug-likeness (QED) is 0.805. The van der Waals surface area contributed by atoms with E-state index in [1.807, 2.05) is 13.1 Å². The summed E-state index contributed by atoms with van der Waals surface area (Å²) in [5.41, 5.74) is 0.681. The fraction of sp³-hybridized carbons (Fsp3) is 0.500. The molecule has 1 saturated heterocycles. The van der Waals surface area contributed by atoms with Gasteiger partial charge in [0.2, 0.25) is 0 Å². The summed E-state index contributed by atoms with van der Waals surface area (Å²) in [5.74, 6) is 0.925. The molecule has 2 heterocycles. The van der Waals surface area contributed by atoms with Crippen LogP contribution in [0.4, 0.5) is 5.82 Å². The number of piperidine rings is 1. The zero-order valence-corrected chi connectivity index (χ0v) is 9.48. The number of pyridine rings is 1. The molecule has 0 saturated carbocycles. The summed E-state index contributed by atoms with van der Waals surface area (Å²) >= 11 is 0. The third-order valence-electron chi connectivity index (χ3n) is 3.10. The average molecular weight is 216 g/mol. The summed E-state index contributed by atoms with van der Waals surface area (Å²) in [6.45, 7) is 2.01. The number of rotatable bonds is 2. The van der Waals surface area contributed by atoms with Crippen molar-refractivity contribution in [3.05, 3.63) is 23.9 Å². The van der Waals surface area contributed by atoms with Crippen LogP contribution in [-0.4, -0.2) is 31.2 Å². The maximum Gasteiger partial charge on any atom is 0.129 e.